The van der Waals surface area contributed by atoms with Crippen LogP contribution in [0.5, 0.6) is 11.5 Å². The average molecular weight is 591 g/mol. The molecule has 3 atom stereocenters. The van der Waals surface area contributed by atoms with Crippen LogP contribution >= 0.6 is 22.9 Å². The van der Waals surface area contributed by atoms with Gasteiger partial charge in [-0.05, 0) is 24.3 Å². The number of fused-ring (bicyclic) bond motifs is 1. The summed E-state index contributed by atoms with van der Waals surface area (Å²) in [6.45, 7) is 3.71. The summed E-state index contributed by atoms with van der Waals surface area (Å²) in [5.74, 6) is -0.862. The highest BCUT2D eigenvalue weighted by Crippen LogP contribution is 2.45. The number of hydrogen-bond acceptors (Lipinski definition) is 9. The van der Waals surface area contributed by atoms with E-state index in [-0.39, 0.29) is 30.4 Å². The van der Waals surface area contributed by atoms with Gasteiger partial charge in [-0.3, -0.25) is 4.79 Å². The number of aromatic nitrogens is 1. The summed E-state index contributed by atoms with van der Waals surface area (Å²) >= 11 is 7.44. The van der Waals surface area contributed by atoms with Crippen molar-refractivity contribution in [2.45, 2.75) is 38.6 Å². The Labute approximate surface area is 240 Å². The van der Waals surface area contributed by atoms with Crippen LogP contribution in [0.25, 0.3) is 0 Å². The number of aliphatic hydroxyl groups is 2. The molecule has 2 aromatic carbocycles. The van der Waals surface area contributed by atoms with Crippen molar-refractivity contribution in [2.75, 3.05) is 32.3 Å². The molecule has 0 saturated heterocycles. The molecule has 1 aromatic heterocycles. The Bertz CT molecular complexity index is 1390. The second-order valence-corrected chi connectivity index (χ2v) is 11.7. The number of nitrogens with zero attached hydrogens (tertiary/aromatic N) is 2. The number of carbonyl (C=O) groups is 2. The van der Waals surface area contributed by atoms with Gasteiger partial charge in [-0.1, -0.05) is 37.6 Å². The van der Waals surface area contributed by atoms with Gasteiger partial charge in [0.2, 0.25) is 0 Å². The number of carboxylic acids is 1. The van der Waals surface area contributed by atoms with Gasteiger partial charge in [-0.15, -0.1) is 11.3 Å². The Kier molecular flexibility index (Phi) is 9.01. The smallest absolute Gasteiger partial charge is 0.338 e. The first kappa shape index (κ1) is 29.8. The predicted molar refractivity (Wildman–Crippen MR) is 149 cm³/mol. The van der Waals surface area contributed by atoms with Crippen LogP contribution in [0.1, 0.15) is 47.1 Å². The predicted octanol–water partition coefficient (Wildman–Crippen LogP) is 4.01. The number of rotatable bonds is 10. The van der Waals surface area contributed by atoms with Crippen molar-refractivity contribution < 1.29 is 39.1 Å². The van der Waals surface area contributed by atoms with E-state index in [1.165, 1.54) is 20.4 Å². The zero-order chi connectivity index (χ0) is 29.2. The van der Waals surface area contributed by atoms with E-state index in [0.717, 1.165) is 11.3 Å². The van der Waals surface area contributed by atoms with Crippen molar-refractivity contribution in [1.29, 1.82) is 0 Å². The summed E-state index contributed by atoms with van der Waals surface area (Å²) < 4.78 is 17.8. The van der Waals surface area contributed by atoms with E-state index in [2.05, 4.69) is 4.98 Å². The first-order chi connectivity index (χ1) is 19.0. The van der Waals surface area contributed by atoms with Gasteiger partial charge >= 0.3 is 5.97 Å². The number of aliphatic hydroxyl groups excluding tert-OH is 2. The van der Waals surface area contributed by atoms with Gasteiger partial charge in [0.1, 0.15) is 12.2 Å². The highest BCUT2D eigenvalue weighted by atomic mass is 35.5. The number of ether oxygens (including phenoxy) is 3. The van der Waals surface area contributed by atoms with Crippen LogP contribution in [-0.4, -0.2) is 65.7 Å². The molecule has 1 aliphatic rings. The molecular weight excluding hydrogens is 560 g/mol. The zero-order valence-corrected chi connectivity index (χ0v) is 24.0. The SMILES string of the molecule is COc1cccc([C@H]2O[C@H](Cc3ncc([C@H](O)C(=O)O)s3)C(=O)N(CC(C)(C)CO)c3ccc(Cl)cc32)c1OC. The monoisotopic (exact) mass is 590 g/mol. The maximum absolute atomic E-state index is 14.2. The number of hydrogen-bond donors (Lipinski definition) is 3. The third-order valence-electron chi connectivity index (χ3n) is 6.57. The third kappa shape index (κ3) is 6.08. The fraction of sp³-hybridized carbons (Fsp3) is 0.393. The van der Waals surface area contributed by atoms with Gasteiger partial charge in [-0.2, -0.15) is 0 Å². The molecule has 0 spiro atoms. The van der Waals surface area contributed by atoms with Crippen molar-refractivity contribution in [3.05, 3.63) is 68.6 Å². The molecule has 0 unspecified atom stereocenters. The largest absolute Gasteiger partial charge is 0.493 e. The topological polar surface area (TPSA) is 139 Å². The Morgan fingerprint density at radius 1 is 1.23 bits per heavy atom. The van der Waals surface area contributed by atoms with Crippen LogP contribution in [0.2, 0.25) is 5.02 Å². The molecule has 1 amide bonds. The highest BCUT2D eigenvalue weighted by Gasteiger charge is 2.40. The van der Waals surface area contributed by atoms with E-state index in [0.29, 0.717) is 38.3 Å². The minimum atomic E-state index is -1.72. The van der Waals surface area contributed by atoms with Crippen molar-refractivity contribution >= 4 is 40.5 Å². The number of anilines is 1. The van der Waals surface area contributed by atoms with Crippen LogP contribution in [-0.2, 0) is 20.7 Å². The van der Waals surface area contributed by atoms with Crippen LogP contribution in [0.3, 0.4) is 0 Å². The Hall–Kier alpha value is -3.22. The number of methoxy groups -OCH3 is 2. The quantitative estimate of drug-likeness (QED) is 0.319. The molecule has 0 radical (unpaired) electrons. The molecule has 0 bridgehead atoms. The molecule has 0 fully saturated rings. The van der Waals surface area contributed by atoms with Gasteiger partial charge in [0.25, 0.3) is 5.91 Å². The van der Waals surface area contributed by atoms with E-state index < -0.39 is 29.7 Å². The number of amides is 1. The number of para-hydroxylation sites is 1. The maximum Gasteiger partial charge on any atom is 0.338 e. The second kappa shape index (κ2) is 12.1. The van der Waals surface area contributed by atoms with E-state index in [1.54, 1.807) is 35.2 Å². The lowest BCUT2D eigenvalue weighted by Gasteiger charge is -2.32. The number of aliphatic carboxylic acids is 1. The molecule has 4 rings (SSSR count). The lowest BCUT2D eigenvalue weighted by Crippen LogP contribution is -2.45. The lowest BCUT2D eigenvalue weighted by molar-refractivity contribution is -0.146. The Balaban J connectivity index is 1.87. The van der Waals surface area contributed by atoms with Crippen LogP contribution < -0.4 is 14.4 Å². The number of benzene rings is 2. The summed E-state index contributed by atoms with van der Waals surface area (Å²) in [6, 6.07) is 10.5. The molecule has 40 heavy (non-hydrogen) atoms. The summed E-state index contributed by atoms with van der Waals surface area (Å²) in [6.07, 6.45) is -2.32. The molecule has 0 saturated carbocycles. The molecule has 0 aliphatic carbocycles. The fourth-order valence-corrected chi connectivity index (χ4v) is 5.64. The summed E-state index contributed by atoms with van der Waals surface area (Å²) in [7, 11) is 3.04. The molecule has 3 aromatic rings. The van der Waals surface area contributed by atoms with Crippen molar-refractivity contribution in [1.82, 2.24) is 4.98 Å². The molecule has 2 heterocycles. The Morgan fingerprint density at radius 3 is 2.62 bits per heavy atom. The second-order valence-electron chi connectivity index (χ2n) is 10.1. The minimum absolute atomic E-state index is 0.0103. The first-order valence-corrected chi connectivity index (χ1v) is 13.6. The molecule has 214 valence electrons. The maximum atomic E-state index is 14.2. The van der Waals surface area contributed by atoms with Crippen molar-refractivity contribution in [3.63, 3.8) is 0 Å². The summed E-state index contributed by atoms with van der Waals surface area (Å²) in [5.41, 5.74) is 1.14. The fourth-order valence-electron chi connectivity index (χ4n) is 4.53. The van der Waals surface area contributed by atoms with E-state index in [9.17, 15) is 24.9 Å². The van der Waals surface area contributed by atoms with E-state index >= 15 is 0 Å². The molecule has 1 aliphatic heterocycles. The normalized spacial score (nSPS) is 18.2. The zero-order valence-electron chi connectivity index (χ0n) is 22.5. The molecular formula is C28H31ClN2O8S. The van der Waals surface area contributed by atoms with Crippen molar-refractivity contribution in [3.8, 4) is 11.5 Å². The van der Waals surface area contributed by atoms with Crippen LogP contribution in [0.4, 0.5) is 5.69 Å². The molecule has 10 nitrogen and oxygen atoms in total. The van der Waals surface area contributed by atoms with Gasteiger partial charge in [0.15, 0.2) is 17.6 Å². The Morgan fingerprint density at radius 2 is 1.98 bits per heavy atom. The highest BCUT2D eigenvalue weighted by molar-refractivity contribution is 7.11. The van der Waals surface area contributed by atoms with Gasteiger partial charge in [0, 0.05) is 53.0 Å². The van der Waals surface area contributed by atoms with E-state index in [1.807, 2.05) is 19.9 Å². The average Bonchev–Trinajstić information content (AvgIpc) is 3.37. The summed E-state index contributed by atoms with van der Waals surface area (Å²) in [5, 5.41) is 30.0. The first-order valence-electron chi connectivity index (χ1n) is 12.4. The number of halogens is 1. The number of thiazole rings is 1. The summed E-state index contributed by atoms with van der Waals surface area (Å²) in [4.78, 5) is 31.4. The van der Waals surface area contributed by atoms with Gasteiger partial charge in [0.05, 0.1) is 24.1 Å². The van der Waals surface area contributed by atoms with Crippen molar-refractivity contribution in [2.24, 2.45) is 5.41 Å². The van der Waals surface area contributed by atoms with E-state index in [4.69, 9.17) is 25.8 Å². The number of carboxylic acid groups (broad SMARTS) is 1. The standard InChI is InChI=1S/C28H31ClN2O8S/c1-28(2,14-32)13-31-18-9-8-15(29)10-17(18)24(16-6-5-7-19(37-3)25(16)38-4)39-20(26(31)34)11-22-30-12-21(40-22)23(33)27(35)36/h5-10,12,20,23-24,32-33H,11,13-14H2,1-4H3,(H,35,36)/t20-,23+,24-/m1/s1. The van der Waals surface area contributed by atoms with Gasteiger partial charge in [-0.25, -0.2) is 9.78 Å². The van der Waals surface area contributed by atoms with Gasteiger partial charge < -0.3 is 34.4 Å². The number of carbonyl (C=O) groups excluding carboxylic acids is 1. The van der Waals surface area contributed by atoms with Crippen LogP contribution in [0.15, 0.2) is 42.6 Å². The third-order valence-corrected chi connectivity index (χ3v) is 7.88. The molecule has 12 heteroatoms. The van der Waals surface area contributed by atoms with Crippen LogP contribution in [0, 0.1) is 5.41 Å². The molecule has 3 N–H and O–H groups in total. The lowest BCUT2D eigenvalue weighted by atomic mass is 9.92. The minimum Gasteiger partial charge on any atom is -0.493 e.